The molecule has 2 atom stereocenters. The van der Waals surface area contributed by atoms with Crippen molar-refractivity contribution in [2.75, 3.05) is 19.7 Å². The van der Waals surface area contributed by atoms with E-state index in [9.17, 15) is 4.79 Å². The summed E-state index contributed by atoms with van der Waals surface area (Å²) in [5.41, 5.74) is 5.93. The van der Waals surface area contributed by atoms with Crippen LogP contribution in [0, 0.1) is 5.92 Å². The van der Waals surface area contributed by atoms with E-state index in [0.29, 0.717) is 16.7 Å². The first-order chi connectivity index (χ1) is 9.56. The number of nitrogens with zero attached hydrogens (tertiary/aromatic N) is 1. The van der Waals surface area contributed by atoms with Gasteiger partial charge < -0.3 is 15.4 Å². The minimum Gasteiger partial charge on any atom is -0.484 e. The van der Waals surface area contributed by atoms with E-state index in [1.165, 1.54) is 0 Å². The topological polar surface area (TPSA) is 55.6 Å². The predicted octanol–water partition coefficient (Wildman–Crippen LogP) is 2.73. The van der Waals surface area contributed by atoms with Crippen LogP contribution >= 0.6 is 24.0 Å². The molecular formula is C15H22Cl2N2O2. The molecule has 0 radical (unpaired) electrons. The number of ether oxygens (including phenoxy) is 1. The lowest BCUT2D eigenvalue weighted by Gasteiger charge is -2.34. The normalized spacial score (nSPS) is 19.6. The summed E-state index contributed by atoms with van der Waals surface area (Å²) in [5.74, 6) is 1.01. The lowest BCUT2D eigenvalue weighted by Crippen LogP contribution is -2.46. The second-order valence-corrected chi connectivity index (χ2v) is 5.78. The van der Waals surface area contributed by atoms with Crippen molar-refractivity contribution in [1.29, 1.82) is 0 Å². The standard InChI is InChI=1S/C15H21ClN2O2.ClH/c1-11(17)12-4-3-7-18(9-12)15(19)10-20-14-6-2-5-13(16)8-14;/h2,5-6,8,11-12H,3-4,7,9-10,17H2,1H3;1H. The van der Waals surface area contributed by atoms with Gasteiger partial charge in [-0.05, 0) is 43.9 Å². The first-order valence-electron chi connectivity index (χ1n) is 6.98. The van der Waals surface area contributed by atoms with Gasteiger partial charge in [0.1, 0.15) is 5.75 Å². The maximum atomic E-state index is 12.2. The molecule has 1 aromatic rings. The summed E-state index contributed by atoms with van der Waals surface area (Å²) in [5, 5.41) is 0.602. The highest BCUT2D eigenvalue weighted by Crippen LogP contribution is 2.20. The summed E-state index contributed by atoms with van der Waals surface area (Å²) in [6.07, 6.45) is 2.10. The molecule has 1 heterocycles. The third-order valence-corrected chi connectivity index (χ3v) is 3.95. The highest BCUT2D eigenvalue weighted by Gasteiger charge is 2.25. The Kier molecular flexibility index (Phi) is 7.29. The molecule has 0 aliphatic carbocycles. The zero-order chi connectivity index (χ0) is 14.5. The molecule has 0 saturated carbocycles. The number of benzene rings is 1. The third kappa shape index (κ3) is 5.38. The number of likely N-dealkylation sites (tertiary alicyclic amines) is 1. The number of hydrogen-bond donors (Lipinski definition) is 1. The molecule has 0 bridgehead atoms. The molecule has 2 unspecified atom stereocenters. The van der Waals surface area contributed by atoms with Crippen molar-refractivity contribution < 1.29 is 9.53 Å². The summed E-state index contributed by atoms with van der Waals surface area (Å²) >= 11 is 5.87. The maximum Gasteiger partial charge on any atom is 0.260 e. The molecule has 21 heavy (non-hydrogen) atoms. The van der Waals surface area contributed by atoms with E-state index in [1.54, 1.807) is 24.3 Å². The lowest BCUT2D eigenvalue weighted by molar-refractivity contribution is -0.135. The molecule has 2 N–H and O–H groups in total. The molecule has 1 saturated heterocycles. The minimum absolute atomic E-state index is 0. The summed E-state index contributed by atoms with van der Waals surface area (Å²) in [6.45, 7) is 3.57. The Balaban J connectivity index is 0.00000220. The predicted molar refractivity (Wildman–Crippen MR) is 87.1 cm³/mol. The van der Waals surface area contributed by atoms with Gasteiger partial charge in [0.05, 0.1) is 0 Å². The Morgan fingerprint density at radius 2 is 2.33 bits per heavy atom. The molecule has 1 aliphatic rings. The van der Waals surface area contributed by atoms with Gasteiger partial charge in [0.25, 0.3) is 5.91 Å². The summed E-state index contributed by atoms with van der Waals surface area (Å²) in [4.78, 5) is 14.0. The van der Waals surface area contributed by atoms with Crippen LogP contribution in [0.25, 0.3) is 0 Å². The van der Waals surface area contributed by atoms with Crippen LogP contribution in [0.1, 0.15) is 19.8 Å². The van der Waals surface area contributed by atoms with Crippen LogP contribution in [0.15, 0.2) is 24.3 Å². The van der Waals surface area contributed by atoms with Gasteiger partial charge in [-0.2, -0.15) is 0 Å². The first-order valence-corrected chi connectivity index (χ1v) is 7.36. The second kappa shape index (κ2) is 8.47. The van der Waals surface area contributed by atoms with E-state index < -0.39 is 0 Å². The molecule has 0 aromatic heterocycles. The van der Waals surface area contributed by atoms with Crippen LogP contribution < -0.4 is 10.5 Å². The Hall–Kier alpha value is -0.970. The third-order valence-electron chi connectivity index (χ3n) is 3.71. The summed E-state index contributed by atoms with van der Waals surface area (Å²) in [7, 11) is 0. The fraction of sp³-hybridized carbons (Fsp3) is 0.533. The van der Waals surface area contributed by atoms with Crippen LogP contribution in [0.3, 0.4) is 0 Å². The summed E-state index contributed by atoms with van der Waals surface area (Å²) < 4.78 is 5.49. The van der Waals surface area contributed by atoms with E-state index in [2.05, 4.69) is 0 Å². The molecule has 1 amide bonds. The molecule has 1 fully saturated rings. The Bertz CT molecular complexity index is 469. The smallest absolute Gasteiger partial charge is 0.260 e. The average Bonchev–Trinajstić information content (AvgIpc) is 2.45. The van der Waals surface area contributed by atoms with E-state index in [0.717, 1.165) is 25.9 Å². The van der Waals surface area contributed by atoms with Gasteiger partial charge in [-0.3, -0.25) is 4.79 Å². The first kappa shape index (κ1) is 18.1. The van der Waals surface area contributed by atoms with Crippen molar-refractivity contribution in [1.82, 2.24) is 4.90 Å². The largest absolute Gasteiger partial charge is 0.484 e. The molecule has 6 heteroatoms. The highest BCUT2D eigenvalue weighted by molar-refractivity contribution is 6.30. The van der Waals surface area contributed by atoms with Crippen LogP contribution in [-0.2, 0) is 4.79 Å². The van der Waals surface area contributed by atoms with Gasteiger partial charge >= 0.3 is 0 Å². The zero-order valence-corrected chi connectivity index (χ0v) is 13.7. The molecule has 1 aliphatic heterocycles. The SMILES string of the molecule is CC(N)C1CCCN(C(=O)COc2cccc(Cl)c2)C1.Cl. The van der Waals surface area contributed by atoms with E-state index >= 15 is 0 Å². The van der Waals surface area contributed by atoms with Gasteiger partial charge in [-0.25, -0.2) is 0 Å². The van der Waals surface area contributed by atoms with Crippen molar-refractivity contribution >= 4 is 29.9 Å². The maximum absolute atomic E-state index is 12.2. The van der Waals surface area contributed by atoms with E-state index in [-0.39, 0.29) is 31.0 Å². The van der Waals surface area contributed by atoms with Crippen molar-refractivity contribution in [2.24, 2.45) is 11.7 Å². The monoisotopic (exact) mass is 332 g/mol. The number of halogens is 2. The van der Waals surface area contributed by atoms with E-state index in [4.69, 9.17) is 22.1 Å². The van der Waals surface area contributed by atoms with Crippen LogP contribution in [0.2, 0.25) is 5.02 Å². The zero-order valence-electron chi connectivity index (χ0n) is 12.1. The molecule has 1 aromatic carbocycles. The molecule has 0 spiro atoms. The molecule has 118 valence electrons. The number of piperidine rings is 1. The fourth-order valence-corrected chi connectivity index (χ4v) is 2.64. The van der Waals surface area contributed by atoms with Crippen molar-refractivity contribution in [3.63, 3.8) is 0 Å². The van der Waals surface area contributed by atoms with Gasteiger partial charge in [-0.1, -0.05) is 17.7 Å². The summed E-state index contributed by atoms with van der Waals surface area (Å²) in [6, 6.07) is 7.19. The molecular weight excluding hydrogens is 311 g/mol. The average molecular weight is 333 g/mol. The lowest BCUT2D eigenvalue weighted by atomic mass is 9.92. The Labute approximate surface area is 137 Å². The molecule has 4 nitrogen and oxygen atoms in total. The van der Waals surface area contributed by atoms with Gasteiger partial charge in [0.2, 0.25) is 0 Å². The van der Waals surface area contributed by atoms with Crippen LogP contribution in [-0.4, -0.2) is 36.5 Å². The van der Waals surface area contributed by atoms with Crippen LogP contribution in [0.4, 0.5) is 0 Å². The Morgan fingerprint density at radius 3 is 3.00 bits per heavy atom. The number of hydrogen-bond acceptors (Lipinski definition) is 3. The van der Waals surface area contributed by atoms with Crippen molar-refractivity contribution in [3.8, 4) is 5.75 Å². The quantitative estimate of drug-likeness (QED) is 0.922. The van der Waals surface area contributed by atoms with E-state index in [1.807, 2.05) is 11.8 Å². The second-order valence-electron chi connectivity index (χ2n) is 5.35. The van der Waals surface area contributed by atoms with Gasteiger partial charge in [0, 0.05) is 24.2 Å². The number of carbonyl (C=O) groups excluding carboxylic acids is 1. The van der Waals surface area contributed by atoms with Gasteiger partial charge in [0.15, 0.2) is 6.61 Å². The van der Waals surface area contributed by atoms with Crippen molar-refractivity contribution in [2.45, 2.75) is 25.8 Å². The van der Waals surface area contributed by atoms with Gasteiger partial charge in [-0.15, -0.1) is 12.4 Å². The highest BCUT2D eigenvalue weighted by atomic mass is 35.5. The molecule has 2 rings (SSSR count). The van der Waals surface area contributed by atoms with Crippen molar-refractivity contribution in [3.05, 3.63) is 29.3 Å². The number of nitrogens with two attached hydrogens (primary N) is 1. The number of carbonyl (C=O) groups is 1. The number of rotatable bonds is 4. The fourth-order valence-electron chi connectivity index (χ4n) is 2.46. The minimum atomic E-state index is 0. The van der Waals surface area contributed by atoms with Crippen LogP contribution in [0.5, 0.6) is 5.75 Å². The number of amides is 1. The Morgan fingerprint density at radius 1 is 1.57 bits per heavy atom.